The molecule has 0 spiro atoms. The van der Waals surface area contributed by atoms with Gasteiger partial charge >= 0.3 is 0 Å². The van der Waals surface area contributed by atoms with Crippen LogP contribution in [-0.4, -0.2) is 29.9 Å². The van der Waals surface area contributed by atoms with Gasteiger partial charge in [0.1, 0.15) is 0 Å². The molecule has 2 atom stereocenters. The molecule has 0 aromatic carbocycles. The highest BCUT2D eigenvalue weighted by atomic mass is 35.5. The molecule has 1 aliphatic carbocycles. The van der Waals surface area contributed by atoms with Gasteiger partial charge in [0.2, 0.25) is 0 Å². The Hall–Kier alpha value is 0.440. The number of rotatable bonds is 6. The Morgan fingerprint density at radius 1 is 1.40 bits per heavy atom. The van der Waals surface area contributed by atoms with Gasteiger partial charge in [-0.3, -0.25) is 4.57 Å². The second kappa shape index (κ2) is 7.67. The van der Waals surface area contributed by atoms with Crippen molar-refractivity contribution < 1.29 is 14.2 Å². The molecule has 1 aliphatic rings. The molecule has 0 aromatic heterocycles. The van der Waals surface area contributed by atoms with Crippen molar-refractivity contribution in [2.75, 3.05) is 18.6 Å². The van der Waals surface area contributed by atoms with Crippen molar-refractivity contribution in [3.8, 4) is 0 Å². The maximum Gasteiger partial charge on any atom is 0.191 e. The predicted octanol–water partition coefficient (Wildman–Crippen LogP) is 2.66. The first-order chi connectivity index (χ1) is 7.22. The van der Waals surface area contributed by atoms with Crippen LogP contribution < -0.4 is 0 Å². The van der Waals surface area contributed by atoms with Gasteiger partial charge < -0.3 is 9.63 Å². The number of hydrogen-bond acceptors (Lipinski definition) is 3. The third-order valence-corrected chi connectivity index (χ3v) is 4.55. The first-order valence-electron chi connectivity index (χ1n) is 5.62. The second-order valence-corrected chi connectivity index (χ2v) is 5.95. The monoisotopic (exact) mass is 254 g/mol. The zero-order chi connectivity index (χ0) is 11.1. The fourth-order valence-corrected chi connectivity index (χ4v) is 3.38. The van der Waals surface area contributed by atoms with Gasteiger partial charge in [-0.05, 0) is 18.8 Å². The van der Waals surface area contributed by atoms with Crippen LogP contribution in [0.15, 0.2) is 0 Å². The lowest BCUT2D eigenvalue weighted by Crippen LogP contribution is -2.15. The lowest BCUT2D eigenvalue weighted by molar-refractivity contribution is 0.129. The van der Waals surface area contributed by atoms with E-state index in [1.165, 1.54) is 32.1 Å². The van der Waals surface area contributed by atoms with E-state index >= 15 is 0 Å². The lowest BCUT2D eigenvalue weighted by Gasteiger charge is -2.21. The zero-order valence-corrected chi connectivity index (χ0v) is 10.7. The van der Waals surface area contributed by atoms with E-state index in [4.69, 9.17) is 21.2 Å². The molecule has 1 saturated carbocycles. The molecular weight excluding hydrogens is 235 g/mol. The molecular formula is C10H20ClO3P. The van der Waals surface area contributed by atoms with Gasteiger partial charge in [-0.25, -0.2) is 0 Å². The Labute approximate surface area is 97.0 Å². The van der Waals surface area contributed by atoms with Gasteiger partial charge in [-0.15, -0.1) is 11.6 Å². The summed E-state index contributed by atoms with van der Waals surface area (Å²) in [6.45, 7) is 0.105. The Morgan fingerprint density at radius 3 is 2.67 bits per heavy atom. The zero-order valence-electron chi connectivity index (χ0n) is 8.95. The van der Waals surface area contributed by atoms with Crippen molar-refractivity contribution in [3.63, 3.8) is 0 Å². The Balaban J connectivity index is 2.11. The van der Waals surface area contributed by atoms with E-state index in [0.29, 0.717) is 12.1 Å². The van der Waals surface area contributed by atoms with Crippen molar-refractivity contribution in [1.29, 1.82) is 0 Å². The SMILES string of the molecule is O=[PH](CC1CCCCC1)OC[C@@H](O)CCl. The number of alkyl halides is 1. The van der Waals surface area contributed by atoms with E-state index in [-0.39, 0.29) is 12.5 Å². The highest BCUT2D eigenvalue weighted by molar-refractivity contribution is 7.39. The summed E-state index contributed by atoms with van der Waals surface area (Å²) in [6.07, 6.45) is 6.17. The summed E-state index contributed by atoms with van der Waals surface area (Å²) in [5, 5.41) is 9.13. The molecule has 0 bridgehead atoms. The predicted molar refractivity (Wildman–Crippen MR) is 63.1 cm³/mol. The van der Waals surface area contributed by atoms with Gasteiger partial charge in [-0.1, -0.05) is 19.3 Å². The molecule has 1 rings (SSSR count). The minimum Gasteiger partial charge on any atom is -0.389 e. The summed E-state index contributed by atoms with van der Waals surface area (Å²) < 4.78 is 16.6. The van der Waals surface area contributed by atoms with Crippen molar-refractivity contribution in [1.82, 2.24) is 0 Å². The normalized spacial score (nSPS) is 22.5. The molecule has 3 nitrogen and oxygen atoms in total. The molecule has 0 radical (unpaired) electrons. The van der Waals surface area contributed by atoms with Gasteiger partial charge in [-0.2, -0.15) is 0 Å². The van der Waals surface area contributed by atoms with Gasteiger partial charge in [0.15, 0.2) is 8.03 Å². The van der Waals surface area contributed by atoms with Crippen LogP contribution in [0.5, 0.6) is 0 Å². The number of aliphatic hydroxyl groups excluding tert-OH is 1. The van der Waals surface area contributed by atoms with Crippen LogP contribution in [0.2, 0.25) is 0 Å². The van der Waals surface area contributed by atoms with Crippen LogP contribution in [0, 0.1) is 5.92 Å². The third-order valence-electron chi connectivity index (χ3n) is 2.79. The maximum atomic E-state index is 11.5. The first kappa shape index (κ1) is 13.5. The molecule has 0 aromatic rings. The standard InChI is InChI=1S/C10H20ClO3P/c11-6-10(12)7-14-15(13)8-9-4-2-1-3-5-9/h9-10,12,15H,1-8H2/t10-/m0/s1. The first-order valence-corrected chi connectivity index (χ1v) is 7.68. The van der Waals surface area contributed by atoms with E-state index < -0.39 is 14.1 Å². The van der Waals surface area contributed by atoms with Crippen LogP contribution in [0.1, 0.15) is 32.1 Å². The average molecular weight is 255 g/mol. The summed E-state index contributed by atoms with van der Waals surface area (Å²) in [6, 6.07) is 0. The van der Waals surface area contributed by atoms with Crippen molar-refractivity contribution in [2.45, 2.75) is 38.2 Å². The fourth-order valence-electron chi connectivity index (χ4n) is 1.92. The van der Waals surface area contributed by atoms with Gasteiger partial charge in [0, 0.05) is 6.16 Å². The van der Waals surface area contributed by atoms with Crippen LogP contribution >= 0.6 is 19.6 Å². The van der Waals surface area contributed by atoms with Crippen LogP contribution in [0.3, 0.4) is 0 Å². The smallest absolute Gasteiger partial charge is 0.191 e. The Kier molecular flexibility index (Phi) is 6.91. The fraction of sp³-hybridized carbons (Fsp3) is 1.00. The number of hydrogen-bond donors (Lipinski definition) is 1. The lowest BCUT2D eigenvalue weighted by atomic mass is 9.91. The van der Waals surface area contributed by atoms with Gasteiger partial charge in [0.25, 0.3) is 0 Å². The van der Waals surface area contributed by atoms with Crippen molar-refractivity contribution in [2.24, 2.45) is 5.92 Å². The maximum absolute atomic E-state index is 11.5. The van der Waals surface area contributed by atoms with Crippen LogP contribution in [0.4, 0.5) is 0 Å². The number of halogens is 1. The van der Waals surface area contributed by atoms with E-state index in [1.54, 1.807) is 0 Å². The average Bonchev–Trinajstić information content (AvgIpc) is 2.27. The van der Waals surface area contributed by atoms with Crippen molar-refractivity contribution in [3.05, 3.63) is 0 Å². The summed E-state index contributed by atoms with van der Waals surface area (Å²) in [7, 11) is -1.96. The van der Waals surface area contributed by atoms with Crippen LogP contribution in [0.25, 0.3) is 0 Å². The molecule has 0 amide bonds. The van der Waals surface area contributed by atoms with Crippen LogP contribution in [-0.2, 0) is 9.09 Å². The summed E-state index contributed by atoms with van der Waals surface area (Å²) in [5.41, 5.74) is 0. The Bertz CT molecular complexity index is 195. The topological polar surface area (TPSA) is 46.5 Å². The Morgan fingerprint density at radius 2 is 2.07 bits per heavy atom. The molecule has 0 saturated heterocycles. The minimum atomic E-state index is -1.96. The third kappa shape index (κ3) is 5.91. The molecule has 1 unspecified atom stereocenters. The largest absolute Gasteiger partial charge is 0.389 e. The van der Waals surface area contributed by atoms with E-state index in [2.05, 4.69) is 0 Å². The highest BCUT2D eigenvalue weighted by Crippen LogP contribution is 2.33. The molecule has 1 N–H and O–H groups in total. The molecule has 90 valence electrons. The van der Waals surface area contributed by atoms with E-state index in [1.807, 2.05) is 0 Å². The summed E-state index contributed by atoms with van der Waals surface area (Å²) >= 11 is 5.41. The molecule has 0 aliphatic heterocycles. The van der Waals surface area contributed by atoms with Gasteiger partial charge in [0.05, 0.1) is 18.6 Å². The summed E-state index contributed by atoms with van der Waals surface area (Å²) in [4.78, 5) is 0. The number of aliphatic hydroxyl groups is 1. The van der Waals surface area contributed by atoms with Crippen molar-refractivity contribution >= 4 is 19.6 Å². The minimum absolute atomic E-state index is 0.105. The summed E-state index contributed by atoms with van der Waals surface area (Å²) in [5.74, 6) is 0.705. The quantitative estimate of drug-likeness (QED) is 0.586. The molecule has 15 heavy (non-hydrogen) atoms. The second-order valence-electron chi connectivity index (χ2n) is 4.20. The molecule has 5 heteroatoms. The van der Waals surface area contributed by atoms with E-state index in [0.717, 1.165) is 0 Å². The molecule has 1 fully saturated rings. The highest BCUT2D eigenvalue weighted by Gasteiger charge is 2.16. The van der Waals surface area contributed by atoms with E-state index in [9.17, 15) is 4.57 Å². The molecule has 0 heterocycles.